The van der Waals surface area contributed by atoms with Gasteiger partial charge in [0.2, 0.25) is 0 Å². The number of fused-ring (bicyclic) bond motifs is 3. The third kappa shape index (κ3) is 7.73. The molecule has 0 bridgehead atoms. The molecular formula is C57H60Zr. The quantitative estimate of drug-likeness (QED) is 0.143. The van der Waals surface area contributed by atoms with Crippen molar-refractivity contribution in [3.05, 3.63) is 193 Å². The molecule has 0 saturated carbocycles. The number of rotatable bonds is 8. The Labute approximate surface area is 357 Å². The van der Waals surface area contributed by atoms with E-state index in [0.717, 1.165) is 12.8 Å². The van der Waals surface area contributed by atoms with Gasteiger partial charge in [0.25, 0.3) is 0 Å². The molecular weight excluding hydrogens is 776 g/mol. The predicted molar refractivity (Wildman–Crippen MR) is 249 cm³/mol. The fourth-order valence-electron chi connectivity index (χ4n) is 9.23. The molecule has 1 heteroatoms. The van der Waals surface area contributed by atoms with Gasteiger partial charge >= 0.3 is 359 Å². The van der Waals surface area contributed by atoms with Gasteiger partial charge in [0.15, 0.2) is 0 Å². The van der Waals surface area contributed by atoms with Crippen LogP contribution >= 0.6 is 0 Å². The number of benzene rings is 6. The zero-order valence-electron chi connectivity index (χ0n) is 36.4. The predicted octanol–water partition coefficient (Wildman–Crippen LogP) is 14.8. The van der Waals surface area contributed by atoms with E-state index in [-0.39, 0.29) is 10.8 Å². The molecule has 0 heterocycles. The van der Waals surface area contributed by atoms with Crippen LogP contribution in [0.25, 0.3) is 33.4 Å². The van der Waals surface area contributed by atoms with E-state index in [1.807, 2.05) is 0 Å². The van der Waals surface area contributed by atoms with Crippen LogP contribution in [0.2, 0.25) is 0 Å². The fourth-order valence-corrected chi connectivity index (χ4v) is 17.7. The van der Waals surface area contributed by atoms with Gasteiger partial charge in [-0.3, -0.25) is 0 Å². The van der Waals surface area contributed by atoms with Crippen molar-refractivity contribution in [1.82, 2.24) is 0 Å². The van der Waals surface area contributed by atoms with Crippen molar-refractivity contribution >= 4 is 6.48 Å². The van der Waals surface area contributed by atoms with E-state index in [4.69, 9.17) is 0 Å². The standard InChI is InChI=1S/C33H33.C19H22.C5H5.Zr/c1-32(2,3)30-20-26-24(18-28(30)22-13-9-7-10-14-22)17-25-19-29(23-15-11-8-12-16-23)31(21-27(25)26)33(4,5)6;1-14(2)18-9-5-16(6-10-18)13-17-7-11-19(12-8-17)15(3)4;1-2-4-5-3-1;/h7-16,18,20-21H,17H2,1-6H3;5-12,14-15H,1-4H3;1-3H,4H2;. The van der Waals surface area contributed by atoms with Crippen LogP contribution in [-0.4, -0.2) is 3.21 Å². The molecule has 0 spiro atoms. The van der Waals surface area contributed by atoms with Gasteiger partial charge in [-0.15, -0.1) is 0 Å². The summed E-state index contributed by atoms with van der Waals surface area (Å²) in [5.74, 6) is 0.966. The van der Waals surface area contributed by atoms with Gasteiger partial charge < -0.3 is 0 Å². The molecule has 0 amide bonds. The summed E-state index contributed by atoms with van der Waals surface area (Å²) in [4.78, 5) is 0. The second-order valence-corrected chi connectivity index (χ2v) is 25.2. The molecule has 6 aromatic rings. The van der Waals surface area contributed by atoms with Gasteiger partial charge in [-0.05, 0) is 0 Å². The summed E-state index contributed by atoms with van der Waals surface area (Å²) in [5.41, 5.74) is 19.7. The molecule has 0 aromatic heterocycles. The fraction of sp³-hybridized carbons (Fsp3) is 0.281. The Kier molecular flexibility index (Phi) is 11.1. The summed E-state index contributed by atoms with van der Waals surface area (Å²) < 4.78 is 4.90. The van der Waals surface area contributed by atoms with E-state index in [9.17, 15) is 0 Å². The molecule has 0 fully saturated rings. The Balaban J connectivity index is 1.54. The van der Waals surface area contributed by atoms with Gasteiger partial charge in [-0.1, -0.05) is 0 Å². The summed E-state index contributed by atoms with van der Waals surface area (Å²) in [6.07, 6.45) is 9.23. The Bertz CT molecular complexity index is 2510. The first-order chi connectivity index (χ1) is 27.7. The van der Waals surface area contributed by atoms with Crippen LogP contribution < -0.4 is 3.27 Å². The van der Waals surface area contributed by atoms with Crippen molar-refractivity contribution in [1.29, 1.82) is 0 Å². The van der Waals surface area contributed by atoms with Crippen LogP contribution in [0, 0.1) is 0 Å². The average Bonchev–Trinajstić information content (AvgIpc) is 3.87. The van der Waals surface area contributed by atoms with E-state index >= 15 is 0 Å². The molecule has 0 atom stereocenters. The second-order valence-electron chi connectivity index (χ2n) is 19.3. The van der Waals surface area contributed by atoms with Crippen LogP contribution in [0.15, 0.2) is 149 Å². The maximum atomic E-state index is 2.62. The molecule has 0 unspecified atom stereocenters. The maximum absolute atomic E-state index is 3.10. The molecule has 0 saturated heterocycles. The minimum absolute atomic E-state index is 0.0187. The molecule has 2 aliphatic rings. The minimum atomic E-state index is -3.10. The van der Waals surface area contributed by atoms with E-state index in [2.05, 4.69) is 215 Å². The Hall–Kier alpha value is -4.45. The number of hydrogen-bond donors (Lipinski definition) is 0. The summed E-state index contributed by atoms with van der Waals surface area (Å²) in [5, 5.41) is 0. The molecule has 0 radical (unpaired) electrons. The third-order valence-corrected chi connectivity index (χ3v) is 20.1. The van der Waals surface area contributed by atoms with Gasteiger partial charge in [-0.25, -0.2) is 0 Å². The van der Waals surface area contributed by atoms with Crippen molar-refractivity contribution in [2.24, 2.45) is 0 Å². The molecule has 6 aromatic carbocycles. The van der Waals surface area contributed by atoms with Gasteiger partial charge in [-0.2, -0.15) is 0 Å². The monoisotopic (exact) mass is 834 g/mol. The van der Waals surface area contributed by atoms with Crippen molar-refractivity contribution in [2.75, 3.05) is 0 Å². The summed E-state index contributed by atoms with van der Waals surface area (Å²) in [6.45, 7) is 23.6. The summed E-state index contributed by atoms with van der Waals surface area (Å²) in [7, 11) is 0. The second kappa shape index (κ2) is 16.0. The molecule has 0 nitrogen and oxygen atoms in total. The van der Waals surface area contributed by atoms with Crippen LogP contribution in [0.3, 0.4) is 0 Å². The normalized spacial score (nSPS) is 13.6. The zero-order chi connectivity index (χ0) is 40.9. The van der Waals surface area contributed by atoms with Crippen LogP contribution in [0.4, 0.5) is 0 Å². The van der Waals surface area contributed by atoms with E-state index in [1.54, 1.807) is 15.3 Å². The SMILES string of the molecule is CC(C)c1ccc([C](c2ccc(C(C)C)cc2)=[Zr]([C]2=CC=CC2)[c]2c3c(cc(C(C)(C)C)c2-c2ccccc2)-c2cc(C(C)(C)C)c(-c4ccccc4)cc2C3)cc1. The van der Waals surface area contributed by atoms with E-state index in [0.29, 0.717) is 11.8 Å². The zero-order valence-corrected chi connectivity index (χ0v) is 38.9. The van der Waals surface area contributed by atoms with Gasteiger partial charge in [0, 0.05) is 0 Å². The number of allylic oxidation sites excluding steroid dienone is 4. The summed E-state index contributed by atoms with van der Waals surface area (Å²) in [6, 6.07) is 49.7. The number of hydrogen-bond acceptors (Lipinski definition) is 0. The van der Waals surface area contributed by atoms with Gasteiger partial charge in [0.1, 0.15) is 0 Å². The first kappa shape index (κ1) is 40.3. The van der Waals surface area contributed by atoms with E-state index < -0.39 is 21.3 Å². The van der Waals surface area contributed by atoms with Crippen molar-refractivity contribution in [3.8, 4) is 33.4 Å². The average molecular weight is 836 g/mol. The van der Waals surface area contributed by atoms with Gasteiger partial charge in [0.05, 0.1) is 0 Å². The Morgan fingerprint density at radius 2 is 1.07 bits per heavy atom. The molecule has 58 heavy (non-hydrogen) atoms. The molecule has 2 aliphatic carbocycles. The molecule has 0 aliphatic heterocycles. The van der Waals surface area contributed by atoms with Crippen LogP contribution in [0.1, 0.15) is 132 Å². The van der Waals surface area contributed by atoms with Crippen molar-refractivity contribution in [2.45, 2.75) is 105 Å². The first-order valence-corrected chi connectivity index (χ1v) is 25.2. The Morgan fingerprint density at radius 3 is 1.55 bits per heavy atom. The molecule has 8 rings (SSSR count). The van der Waals surface area contributed by atoms with Crippen molar-refractivity contribution < 1.29 is 21.3 Å². The molecule has 0 N–H and O–H groups in total. The van der Waals surface area contributed by atoms with E-state index in [1.165, 1.54) is 72.3 Å². The Morgan fingerprint density at radius 1 is 0.552 bits per heavy atom. The summed E-state index contributed by atoms with van der Waals surface area (Å²) >= 11 is -3.10. The van der Waals surface area contributed by atoms with Crippen molar-refractivity contribution in [3.63, 3.8) is 0 Å². The topological polar surface area (TPSA) is 0 Å². The molecule has 292 valence electrons. The van der Waals surface area contributed by atoms with Crippen LogP contribution in [-0.2, 0) is 38.5 Å². The van der Waals surface area contributed by atoms with Crippen LogP contribution in [0.5, 0.6) is 0 Å². The first-order valence-electron chi connectivity index (χ1n) is 21.5. The third-order valence-electron chi connectivity index (χ3n) is 12.4.